The topological polar surface area (TPSA) is 173 Å². The molecule has 2 aromatic heterocycles. The van der Waals surface area contributed by atoms with E-state index in [-0.39, 0.29) is 23.0 Å². The second kappa shape index (κ2) is 10.5. The van der Waals surface area contributed by atoms with Gasteiger partial charge in [0, 0.05) is 6.92 Å². The average Bonchev–Trinajstić information content (AvgIpc) is 3.61. The lowest BCUT2D eigenvalue weighted by Crippen LogP contribution is -2.55. The molecule has 14 nitrogen and oxygen atoms in total. The molecule has 2 fully saturated rings. The minimum absolute atomic E-state index is 0.0950. The third-order valence-corrected chi connectivity index (χ3v) is 7.03. The van der Waals surface area contributed by atoms with Gasteiger partial charge in [-0.05, 0) is 31.3 Å². The van der Waals surface area contributed by atoms with Crippen LogP contribution in [0.4, 0.5) is 22.1 Å². The summed E-state index contributed by atoms with van der Waals surface area (Å²) in [4.78, 5) is 39.9. The maximum atomic E-state index is 13.7. The molecule has 2 amide bonds. The first-order valence-electron chi connectivity index (χ1n) is 12.8. The lowest BCUT2D eigenvalue weighted by molar-refractivity contribution is -0.228. The predicted molar refractivity (Wildman–Crippen MR) is 144 cm³/mol. The monoisotopic (exact) mass is 561 g/mol. The zero-order chi connectivity index (χ0) is 28.7. The maximum absolute atomic E-state index is 13.7. The molecule has 0 radical (unpaired) electrons. The van der Waals surface area contributed by atoms with E-state index in [9.17, 15) is 19.8 Å². The van der Waals surface area contributed by atoms with Crippen molar-refractivity contribution >= 4 is 40.5 Å². The standard InChI is InChI=1S/C27H27N7O7/c1-15(36)30-25-31-21-18(29-14-33(21)23-19-20(37)27(13-35,41-23)24(28-2)39-19)22(32-25)40-26(38)34(16-9-5-3-6-10-16)17-11-7-4-8-12-17/h3-12,14,19-20,23-24,28,35,37H,13H2,1-2H3,(H,30,31,32,36)/t19-,20+,23-,24?,27-/m1/s1. The highest BCUT2D eigenvalue weighted by atomic mass is 16.7. The summed E-state index contributed by atoms with van der Waals surface area (Å²) in [6, 6.07) is 17.9. The summed E-state index contributed by atoms with van der Waals surface area (Å²) < 4.78 is 19.3. The Morgan fingerprint density at radius 1 is 1.10 bits per heavy atom. The van der Waals surface area contributed by atoms with Crippen LogP contribution < -0.4 is 20.3 Å². The van der Waals surface area contributed by atoms with E-state index in [0.717, 1.165) is 0 Å². The largest absolute Gasteiger partial charge is 0.425 e. The van der Waals surface area contributed by atoms with Crippen molar-refractivity contribution in [3.8, 4) is 5.88 Å². The first-order chi connectivity index (χ1) is 19.9. The number of hydrogen-bond donors (Lipinski definition) is 4. The van der Waals surface area contributed by atoms with Crippen molar-refractivity contribution in [1.29, 1.82) is 0 Å². The van der Waals surface area contributed by atoms with Crippen LogP contribution in [0.25, 0.3) is 11.2 Å². The van der Waals surface area contributed by atoms with E-state index in [0.29, 0.717) is 11.4 Å². The normalized spacial score (nSPS) is 24.9. The second-order valence-corrected chi connectivity index (χ2v) is 9.57. The van der Waals surface area contributed by atoms with Crippen molar-refractivity contribution in [2.75, 3.05) is 23.9 Å². The molecule has 2 saturated heterocycles. The number of carbonyl (C=O) groups excluding carboxylic acids is 2. The summed E-state index contributed by atoms with van der Waals surface area (Å²) in [5.41, 5.74) is -0.0828. The van der Waals surface area contributed by atoms with E-state index < -0.39 is 48.9 Å². The molecule has 6 rings (SSSR count). The van der Waals surface area contributed by atoms with Crippen LogP contribution in [0.3, 0.4) is 0 Å². The molecule has 2 aromatic carbocycles. The van der Waals surface area contributed by atoms with Gasteiger partial charge in [0.2, 0.25) is 11.9 Å². The number of amides is 2. The Balaban J connectivity index is 1.40. The summed E-state index contributed by atoms with van der Waals surface area (Å²) in [6.45, 7) is 0.776. The van der Waals surface area contributed by atoms with Crippen LogP contribution in [0.15, 0.2) is 67.0 Å². The molecule has 14 heteroatoms. The summed E-state index contributed by atoms with van der Waals surface area (Å²) in [6.07, 6.45) is -3.14. The van der Waals surface area contributed by atoms with Crippen LogP contribution in [-0.2, 0) is 14.3 Å². The molecule has 4 aromatic rings. The maximum Gasteiger partial charge on any atom is 0.425 e. The van der Waals surface area contributed by atoms with Crippen LogP contribution in [0, 0.1) is 0 Å². The van der Waals surface area contributed by atoms with Crippen molar-refractivity contribution in [3.63, 3.8) is 0 Å². The Kier molecular flexibility index (Phi) is 6.84. The van der Waals surface area contributed by atoms with Gasteiger partial charge in [-0.1, -0.05) is 36.4 Å². The molecule has 0 saturated carbocycles. The number of benzene rings is 2. The first kappa shape index (κ1) is 26.7. The van der Waals surface area contributed by atoms with E-state index >= 15 is 0 Å². The van der Waals surface area contributed by atoms with Crippen molar-refractivity contribution in [2.45, 2.75) is 37.2 Å². The lowest BCUT2D eigenvalue weighted by atomic mass is 9.98. The molecular formula is C27H27N7O7. The Bertz CT molecular complexity index is 1550. The fraction of sp³-hybridized carbons (Fsp3) is 0.296. The van der Waals surface area contributed by atoms with E-state index in [2.05, 4.69) is 25.6 Å². The fourth-order valence-electron chi connectivity index (χ4n) is 5.17. The molecule has 4 N–H and O–H groups in total. The smallest absolute Gasteiger partial charge is 0.393 e. The number of carbonyl (C=O) groups is 2. The lowest BCUT2D eigenvalue weighted by Gasteiger charge is -2.36. The van der Waals surface area contributed by atoms with Crippen LogP contribution in [0.5, 0.6) is 5.88 Å². The van der Waals surface area contributed by atoms with E-state index in [1.165, 1.54) is 22.7 Å². The molecule has 2 aliphatic heterocycles. The van der Waals surface area contributed by atoms with E-state index in [1.807, 2.05) is 12.1 Å². The van der Waals surface area contributed by atoms with Crippen LogP contribution in [0.2, 0.25) is 0 Å². The average molecular weight is 562 g/mol. The highest BCUT2D eigenvalue weighted by molar-refractivity contribution is 5.98. The fourth-order valence-corrected chi connectivity index (χ4v) is 5.17. The minimum Gasteiger partial charge on any atom is -0.393 e. The van der Waals surface area contributed by atoms with Crippen molar-refractivity contribution in [1.82, 2.24) is 24.8 Å². The molecule has 2 aliphatic rings. The molecular weight excluding hydrogens is 534 g/mol. The van der Waals surface area contributed by atoms with Crippen LogP contribution in [-0.4, -0.2) is 79.4 Å². The number of nitrogens with zero attached hydrogens (tertiary/aromatic N) is 5. The highest BCUT2D eigenvalue weighted by Crippen LogP contribution is 2.48. The van der Waals surface area contributed by atoms with Crippen LogP contribution in [0.1, 0.15) is 13.2 Å². The Morgan fingerprint density at radius 3 is 2.34 bits per heavy atom. The van der Waals surface area contributed by atoms with E-state index in [1.54, 1.807) is 55.6 Å². The van der Waals surface area contributed by atoms with Gasteiger partial charge >= 0.3 is 6.09 Å². The molecule has 0 spiro atoms. The van der Waals surface area contributed by atoms with Gasteiger partial charge in [0.05, 0.1) is 24.3 Å². The molecule has 0 aliphatic carbocycles. The SMILES string of the molecule is CNC1O[C@H]2[C@H](n3cnc4c(OC(=O)N(c5ccccc5)c5ccccc5)nc(NC(C)=O)nc43)O[C@]1(CO)[C@H]2O. The Hall–Kier alpha value is -4.47. The molecule has 5 atom stereocenters. The number of anilines is 3. The number of aliphatic hydroxyl groups excluding tert-OH is 2. The van der Waals surface area contributed by atoms with Gasteiger partial charge in [-0.2, -0.15) is 9.97 Å². The van der Waals surface area contributed by atoms with Gasteiger partial charge < -0.3 is 24.4 Å². The summed E-state index contributed by atoms with van der Waals surface area (Å²) in [5.74, 6) is -0.807. The summed E-state index contributed by atoms with van der Waals surface area (Å²) >= 11 is 0. The number of para-hydroxylation sites is 2. The van der Waals surface area contributed by atoms with Crippen molar-refractivity contribution in [3.05, 3.63) is 67.0 Å². The number of imidazole rings is 1. The third kappa shape index (κ3) is 4.47. The number of ether oxygens (including phenoxy) is 3. The zero-order valence-corrected chi connectivity index (χ0v) is 22.0. The quantitative estimate of drug-likeness (QED) is 0.259. The zero-order valence-electron chi connectivity index (χ0n) is 22.0. The summed E-state index contributed by atoms with van der Waals surface area (Å²) in [5, 5.41) is 26.4. The number of aliphatic hydroxyl groups is 2. The van der Waals surface area contributed by atoms with Gasteiger partial charge in [-0.15, -0.1) is 0 Å². The molecule has 212 valence electrons. The predicted octanol–water partition coefficient (Wildman–Crippen LogP) is 1.69. The van der Waals surface area contributed by atoms with Gasteiger partial charge in [-0.25, -0.2) is 14.7 Å². The number of hydrogen-bond acceptors (Lipinski definition) is 11. The molecule has 2 bridgehead atoms. The van der Waals surface area contributed by atoms with E-state index in [4.69, 9.17) is 14.2 Å². The van der Waals surface area contributed by atoms with Gasteiger partial charge in [0.1, 0.15) is 18.4 Å². The number of likely N-dealkylation sites (N-methyl/N-ethyl adjacent to an activating group) is 1. The Labute approximate surface area is 233 Å². The van der Waals surface area contributed by atoms with Crippen molar-refractivity contribution in [2.24, 2.45) is 0 Å². The second-order valence-electron chi connectivity index (χ2n) is 9.57. The highest BCUT2D eigenvalue weighted by Gasteiger charge is 2.66. The molecule has 41 heavy (non-hydrogen) atoms. The van der Waals surface area contributed by atoms with Gasteiger partial charge in [-0.3, -0.25) is 20.0 Å². The van der Waals surface area contributed by atoms with Crippen LogP contribution >= 0.6 is 0 Å². The molecule has 4 heterocycles. The first-order valence-corrected chi connectivity index (χ1v) is 12.8. The van der Waals surface area contributed by atoms with Crippen molar-refractivity contribution < 1.29 is 34.0 Å². The number of aromatic nitrogens is 4. The minimum atomic E-state index is -1.42. The number of rotatable bonds is 7. The molecule has 1 unspecified atom stereocenters. The number of fused-ring (bicyclic) bond motifs is 3. The summed E-state index contributed by atoms with van der Waals surface area (Å²) in [7, 11) is 1.63. The van der Waals surface area contributed by atoms with Gasteiger partial charge in [0.15, 0.2) is 23.0 Å². The van der Waals surface area contributed by atoms with Gasteiger partial charge in [0.25, 0.3) is 5.88 Å². The number of nitrogens with one attached hydrogen (secondary N) is 2. The third-order valence-electron chi connectivity index (χ3n) is 7.03. The Morgan fingerprint density at radius 2 is 1.76 bits per heavy atom.